The van der Waals surface area contributed by atoms with E-state index in [1.807, 2.05) is 0 Å². The first-order valence-corrected chi connectivity index (χ1v) is 12.2. The topological polar surface area (TPSA) is 158 Å². The second-order valence-electron chi connectivity index (χ2n) is 8.86. The largest absolute Gasteiger partial charge is 0.449 e. The van der Waals surface area contributed by atoms with Crippen molar-refractivity contribution < 1.29 is 43.2 Å². The standard InChI is InChI=1S/C21H27N3O9S/c1-10(26)24-13-7-23-15-14(11(8-31-19(22)29)20(23,30-2)17(13)24)18(28)21(32-4-5-33-21)12(16(15)27)9-34-6-3-25/h11-13,17,25H,3-9H2,1-2H3,(H2,22,29)/t11-,12?,13+,17+,20-,24?/m1/s1. The lowest BCUT2D eigenvalue weighted by Crippen LogP contribution is -2.56. The molecule has 4 heterocycles. The highest BCUT2D eigenvalue weighted by Crippen LogP contribution is 2.61. The van der Waals surface area contributed by atoms with Crippen LogP contribution in [0.4, 0.5) is 4.79 Å². The van der Waals surface area contributed by atoms with E-state index in [1.54, 1.807) is 9.80 Å². The van der Waals surface area contributed by atoms with Crippen LogP contribution in [0.3, 0.4) is 0 Å². The van der Waals surface area contributed by atoms with Crippen molar-refractivity contribution in [3.05, 3.63) is 11.3 Å². The van der Waals surface area contributed by atoms with Gasteiger partial charge >= 0.3 is 6.09 Å². The summed E-state index contributed by atoms with van der Waals surface area (Å²) < 4.78 is 22.8. The fraction of sp³-hybridized carbons (Fsp3) is 0.714. The van der Waals surface area contributed by atoms with Gasteiger partial charge in [-0.15, -0.1) is 0 Å². The number of ether oxygens (including phenoxy) is 4. The summed E-state index contributed by atoms with van der Waals surface area (Å²) in [6, 6.07) is -0.617. The van der Waals surface area contributed by atoms with E-state index in [0.29, 0.717) is 12.3 Å². The molecule has 3 N–H and O–H groups in total. The summed E-state index contributed by atoms with van der Waals surface area (Å²) in [5.41, 5.74) is 4.27. The number of allylic oxidation sites excluding steroid dienone is 1. The predicted octanol–water partition coefficient (Wildman–Crippen LogP) is -1.54. The van der Waals surface area contributed by atoms with Crippen LogP contribution < -0.4 is 5.73 Å². The highest BCUT2D eigenvalue weighted by Gasteiger charge is 2.79. The molecule has 0 aromatic heterocycles. The van der Waals surface area contributed by atoms with Gasteiger partial charge in [0.1, 0.15) is 12.6 Å². The van der Waals surface area contributed by atoms with Gasteiger partial charge in [-0.25, -0.2) is 4.79 Å². The molecule has 3 fully saturated rings. The Hall–Kier alpha value is -2.19. The first-order valence-electron chi connectivity index (χ1n) is 11.1. The molecule has 186 valence electrons. The molecule has 5 aliphatic rings. The van der Waals surface area contributed by atoms with Crippen molar-refractivity contribution in [3.63, 3.8) is 0 Å². The lowest BCUT2D eigenvalue weighted by molar-refractivity contribution is -0.197. The minimum Gasteiger partial charge on any atom is -0.449 e. The van der Waals surface area contributed by atoms with E-state index in [9.17, 15) is 24.3 Å². The molecule has 5 rings (SSSR count). The number of primary amides is 1. The van der Waals surface area contributed by atoms with Gasteiger partial charge in [-0.2, -0.15) is 11.8 Å². The molecule has 2 amide bonds. The van der Waals surface area contributed by atoms with Crippen molar-refractivity contribution in [1.82, 2.24) is 9.80 Å². The zero-order valence-electron chi connectivity index (χ0n) is 18.9. The number of amides is 2. The number of piperazine rings is 1. The monoisotopic (exact) mass is 497 g/mol. The molecule has 0 saturated carbocycles. The average Bonchev–Trinajstić information content (AvgIpc) is 3.10. The van der Waals surface area contributed by atoms with E-state index in [4.69, 9.17) is 24.7 Å². The van der Waals surface area contributed by atoms with Gasteiger partial charge in [0.15, 0.2) is 11.5 Å². The fourth-order valence-electron chi connectivity index (χ4n) is 6.21. The number of aliphatic hydroxyl groups is 1. The van der Waals surface area contributed by atoms with Crippen LogP contribution in [-0.4, -0.2) is 114 Å². The van der Waals surface area contributed by atoms with Crippen LogP contribution in [-0.2, 0) is 33.3 Å². The highest BCUT2D eigenvalue weighted by molar-refractivity contribution is 7.99. The van der Waals surface area contributed by atoms with E-state index in [2.05, 4.69) is 0 Å². The quantitative estimate of drug-likeness (QED) is 0.310. The second kappa shape index (κ2) is 8.19. The van der Waals surface area contributed by atoms with E-state index < -0.39 is 41.3 Å². The van der Waals surface area contributed by atoms with Gasteiger partial charge in [-0.05, 0) is 0 Å². The minimum atomic E-state index is -1.79. The smallest absolute Gasteiger partial charge is 0.404 e. The Morgan fingerprint density at radius 1 is 1.26 bits per heavy atom. The Balaban J connectivity index is 1.61. The van der Waals surface area contributed by atoms with Crippen LogP contribution >= 0.6 is 11.8 Å². The third kappa shape index (κ3) is 2.94. The molecule has 13 heteroatoms. The number of Topliss-reactive ketones (excluding diaryl/α,β-unsaturated/α-hetero) is 2. The first-order chi connectivity index (χ1) is 16.3. The SMILES string of the molecule is CO[C@@]12[C@H](COC(N)=O)C3=C(C(=O)C(CSCCO)C4(OCCO4)C3=O)N1C[C@H]1[C@@H]2N1C(C)=O. The molecule has 1 aliphatic carbocycles. The van der Waals surface area contributed by atoms with Crippen molar-refractivity contribution in [1.29, 1.82) is 0 Å². The van der Waals surface area contributed by atoms with Crippen molar-refractivity contribution in [3.8, 4) is 0 Å². The Morgan fingerprint density at radius 2 is 1.97 bits per heavy atom. The maximum atomic E-state index is 14.0. The molecular weight excluding hydrogens is 470 g/mol. The van der Waals surface area contributed by atoms with E-state index in [-0.39, 0.29) is 61.2 Å². The number of hydrogen-bond donors (Lipinski definition) is 2. The Kier molecular flexibility index (Phi) is 5.67. The highest BCUT2D eigenvalue weighted by atomic mass is 32.2. The zero-order valence-corrected chi connectivity index (χ0v) is 19.7. The van der Waals surface area contributed by atoms with Crippen molar-refractivity contribution in [2.75, 3.05) is 51.6 Å². The maximum Gasteiger partial charge on any atom is 0.404 e. The van der Waals surface area contributed by atoms with Crippen molar-refractivity contribution >= 4 is 35.3 Å². The molecule has 34 heavy (non-hydrogen) atoms. The van der Waals surface area contributed by atoms with Crippen LogP contribution in [0.5, 0.6) is 0 Å². The number of methoxy groups -OCH3 is 1. The number of nitrogens with two attached hydrogens (primary N) is 1. The van der Waals surface area contributed by atoms with Crippen LogP contribution in [0, 0.1) is 11.8 Å². The number of ketones is 2. The van der Waals surface area contributed by atoms with E-state index in [0.717, 1.165) is 0 Å². The average molecular weight is 498 g/mol. The van der Waals surface area contributed by atoms with Gasteiger partial charge in [0, 0.05) is 37.7 Å². The van der Waals surface area contributed by atoms with Gasteiger partial charge in [-0.1, -0.05) is 0 Å². The molecule has 1 spiro atoms. The fourth-order valence-corrected chi connectivity index (χ4v) is 7.11. The number of rotatable bonds is 7. The summed E-state index contributed by atoms with van der Waals surface area (Å²) in [4.78, 5) is 55.1. The van der Waals surface area contributed by atoms with Crippen molar-refractivity contribution in [2.45, 2.75) is 30.5 Å². The van der Waals surface area contributed by atoms with E-state index in [1.165, 1.54) is 25.8 Å². The molecule has 0 bridgehead atoms. The molecule has 0 aromatic carbocycles. The summed E-state index contributed by atoms with van der Waals surface area (Å²) in [6.45, 7) is 1.65. The number of carbonyl (C=O) groups excluding carboxylic acids is 4. The number of hydrogen-bond acceptors (Lipinski definition) is 11. The zero-order chi connectivity index (χ0) is 24.4. The molecule has 1 unspecified atom stereocenters. The predicted molar refractivity (Wildman–Crippen MR) is 115 cm³/mol. The summed E-state index contributed by atoms with van der Waals surface area (Å²) in [5, 5.41) is 9.20. The van der Waals surface area contributed by atoms with Gasteiger partial charge in [-0.3, -0.25) is 14.4 Å². The lowest BCUT2D eigenvalue weighted by atomic mass is 9.76. The normalized spacial score (nSPS) is 35.0. The second-order valence-corrected chi connectivity index (χ2v) is 10.0. The summed E-state index contributed by atoms with van der Waals surface area (Å²) in [5.74, 6) is -3.99. The van der Waals surface area contributed by atoms with Gasteiger partial charge in [0.2, 0.25) is 17.5 Å². The summed E-state index contributed by atoms with van der Waals surface area (Å²) in [6.07, 6.45) is -1.03. The Morgan fingerprint density at radius 3 is 2.56 bits per heavy atom. The van der Waals surface area contributed by atoms with Gasteiger partial charge in [0.05, 0.1) is 43.4 Å². The third-order valence-corrected chi connectivity index (χ3v) is 8.45. The molecule has 3 saturated heterocycles. The summed E-state index contributed by atoms with van der Waals surface area (Å²) >= 11 is 1.33. The molecule has 12 nitrogen and oxygen atoms in total. The number of fused-ring (bicyclic) bond motifs is 4. The Labute approximate surface area is 199 Å². The van der Waals surface area contributed by atoms with Crippen LogP contribution in [0.2, 0.25) is 0 Å². The number of nitrogens with zero attached hydrogens (tertiary/aromatic N) is 2. The van der Waals surface area contributed by atoms with Crippen LogP contribution in [0.15, 0.2) is 11.3 Å². The number of aliphatic hydroxyl groups excluding tert-OH is 1. The number of carbonyl (C=O) groups is 4. The van der Waals surface area contributed by atoms with Crippen molar-refractivity contribution in [2.24, 2.45) is 17.6 Å². The van der Waals surface area contributed by atoms with E-state index >= 15 is 0 Å². The van der Waals surface area contributed by atoms with Crippen LogP contribution in [0.1, 0.15) is 6.92 Å². The number of thioether (sulfide) groups is 1. The lowest BCUT2D eigenvalue weighted by Gasteiger charge is -2.41. The molecule has 4 aliphatic heterocycles. The van der Waals surface area contributed by atoms with Crippen LogP contribution in [0.25, 0.3) is 0 Å². The molecular formula is C21H27N3O9S. The minimum absolute atomic E-state index is 0.0716. The third-order valence-electron chi connectivity index (χ3n) is 7.41. The summed E-state index contributed by atoms with van der Waals surface area (Å²) in [7, 11) is 1.45. The molecule has 5 atom stereocenters. The maximum absolute atomic E-state index is 14.0. The Bertz CT molecular complexity index is 981. The first kappa shape index (κ1) is 23.5. The van der Waals surface area contributed by atoms with Gasteiger partial charge < -0.3 is 39.6 Å². The van der Waals surface area contributed by atoms with Gasteiger partial charge in [0.25, 0.3) is 0 Å². The molecule has 0 aromatic rings. The molecule has 0 radical (unpaired) electrons.